The average Bonchev–Trinajstić information content (AvgIpc) is 3.23. The normalized spacial score (nSPS) is 15.6. The van der Waals surface area contributed by atoms with Crippen LogP contribution in [-0.2, 0) is 25.4 Å². The molecule has 0 saturated carbocycles. The summed E-state index contributed by atoms with van der Waals surface area (Å²) in [7, 11) is 3.52. The van der Waals surface area contributed by atoms with Crippen molar-refractivity contribution in [2.45, 2.75) is 18.9 Å². The lowest BCUT2D eigenvalue weighted by Crippen LogP contribution is -2.19. The number of amides is 1. The van der Waals surface area contributed by atoms with Crippen LogP contribution in [0.3, 0.4) is 0 Å². The Hall–Kier alpha value is -4.13. The quantitative estimate of drug-likeness (QED) is 0.437. The Morgan fingerprint density at radius 2 is 1.74 bits per heavy atom. The molecule has 0 radical (unpaired) electrons. The molecule has 0 saturated heterocycles. The molecule has 2 aromatic heterocycles. The number of aryl methyl sites for hydroxylation is 2. The molecule has 0 bridgehead atoms. The van der Waals surface area contributed by atoms with Crippen LogP contribution in [0.4, 0.5) is 10.1 Å². The molecule has 1 amide bonds. The molecule has 34 heavy (non-hydrogen) atoms. The van der Waals surface area contributed by atoms with Crippen molar-refractivity contribution in [3.8, 4) is 0 Å². The molecule has 1 N–H and O–H groups in total. The maximum absolute atomic E-state index is 13.8. The molecule has 1 atom stereocenters. The number of hydrogen-bond donors (Lipinski definition) is 1. The number of aromatic nitrogens is 3. The van der Waals surface area contributed by atoms with E-state index < -0.39 is 0 Å². The van der Waals surface area contributed by atoms with Gasteiger partial charge in [0.1, 0.15) is 5.82 Å². The SMILES string of the molecule is Cn1c(=O)n(C)c2cc([C@H]3CC(=O)Nc4cccc5c4c3cn5Cc3cccc(F)c3)ccc21. The van der Waals surface area contributed by atoms with E-state index in [0.717, 1.165) is 44.3 Å². The highest BCUT2D eigenvalue weighted by molar-refractivity contribution is 6.06. The smallest absolute Gasteiger partial charge is 0.328 e. The third kappa shape index (κ3) is 3.08. The van der Waals surface area contributed by atoms with Gasteiger partial charge in [0, 0.05) is 44.6 Å². The van der Waals surface area contributed by atoms with Crippen molar-refractivity contribution in [3.63, 3.8) is 0 Å². The Morgan fingerprint density at radius 1 is 0.941 bits per heavy atom. The van der Waals surface area contributed by atoms with Gasteiger partial charge in [-0.15, -0.1) is 0 Å². The fourth-order valence-corrected chi connectivity index (χ4v) is 5.25. The first-order chi connectivity index (χ1) is 16.4. The van der Waals surface area contributed by atoms with Crippen LogP contribution in [-0.4, -0.2) is 19.6 Å². The van der Waals surface area contributed by atoms with E-state index in [4.69, 9.17) is 0 Å². The van der Waals surface area contributed by atoms with Gasteiger partial charge in [0.25, 0.3) is 0 Å². The summed E-state index contributed by atoms with van der Waals surface area (Å²) in [5, 5.41) is 4.06. The Bertz CT molecular complexity index is 1670. The standard InChI is InChI=1S/C27H23FN4O2/c1-30-22-10-9-17(12-24(22)31(2)27(30)34)19-13-25(33)29-21-7-4-8-23-26(21)20(19)15-32(23)14-16-5-3-6-18(28)11-16/h3-12,15,19H,13-14H2,1-2H3,(H,29,33)/t19-/m1/s1. The van der Waals surface area contributed by atoms with E-state index in [1.54, 1.807) is 35.4 Å². The van der Waals surface area contributed by atoms with E-state index in [1.807, 2.05) is 42.5 Å². The predicted octanol–water partition coefficient (Wildman–Crippen LogP) is 4.49. The van der Waals surface area contributed by atoms with Gasteiger partial charge in [0.15, 0.2) is 0 Å². The van der Waals surface area contributed by atoms with Crippen LogP contribution in [0.15, 0.2) is 71.7 Å². The van der Waals surface area contributed by atoms with E-state index in [2.05, 4.69) is 16.1 Å². The molecular weight excluding hydrogens is 431 g/mol. The van der Waals surface area contributed by atoms with Gasteiger partial charge in [0.2, 0.25) is 5.91 Å². The number of benzene rings is 3. The minimum atomic E-state index is -0.261. The zero-order valence-electron chi connectivity index (χ0n) is 18.9. The predicted molar refractivity (Wildman–Crippen MR) is 131 cm³/mol. The maximum atomic E-state index is 13.8. The number of imidazole rings is 1. The Balaban J connectivity index is 1.55. The molecule has 1 aliphatic rings. The van der Waals surface area contributed by atoms with Crippen LogP contribution in [0.1, 0.15) is 29.0 Å². The molecule has 0 fully saturated rings. The summed E-state index contributed by atoms with van der Waals surface area (Å²) in [6, 6.07) is 18.5. The number of anilines is 1. The molecule has 7 heteroatoms. The fourth-order valence-electron chi connectivity index (χ4n) is 5.25. The molecule has 6 rings (SSSR count). The molecule has 1 aliphatic heterocycles. The highest BCUT2D eigenvalue weighted by atomic mass is 19.1. The summed E-state index contributed by atoms with van der Waals surface area (Å²) < 4.78 is 19.2. The van der Waals surface area contributed by atoms with Gasteiger partial charge in [-0.25, -0.2) is 9.18 Å². The lowest BCUT2D eigenvalue weighted by molar-refractivity contribution is -0.116. The zero-order chi connectivity index (χ0) is 23.6. The first-order valence-corrected chi connectivity index (χ1v) is 11.2. The fraction of sp³-hybridized carbons (Fsp3) is 0.185. The first kappa shape index (κ1) is 20.5. The second-order valence-corrected chi connectivity index (χ2v) is 9.00. The summed E-state index contributed by atoms with van der Waals surface area (Å²) in [6.45, 7) is 0.518. The van der Waals surface area contributed by atoms with Crippen LogP contribution >= 0.6 is 0 Å². The Kier molecular flexibility index (Phi) is 4.49. The molecule has 0 unspecified atom stereocenters. The van der Waals surface area contributed by atoms with Crippen molar-refractivity contribution in [3.05, 3.63) is 99.9 Å². The number of rotatable bonds is 3. The minimum Gasteiger partial charge on any atom is -0.343 e. The van der Waals surface area contributed by atoms with Crippen molar-refractivity contribution in [1.82, 2.24) is 13.7 Å². The topological polar surface area (TPSA) is 61.0 Å². The van der Waals surface area contributed by atoms with Crippen LogP contribution in [0.2, 0.25) is 0 Å². The molecule has 0 spiro atoms. The number of carbonyl (C=O) groups excluding carboxylic acids is 1. The summed E-state index contributed by atoms with van der Waals surface area (Å²) in [5.74, 6) is -0.491. The number of nitrogens with one attached hydrogen (secondary N) is 1. The van der Waals surface area contributed by atoms with Gasteiger partial charge in [-0.3, -0.25) is 13.9 Å². The highest BCUT2D eigenvalue weighted by Gasteiger charge is 2.28. The molecule has 170 valence electrons. The van der Waals surface area contributed by atoms with Crippen molar-refractivity contribution < 1.29 is 9.18 Å². The van der Waals surface area contributed by atoms with Gasteiger partial charge < -0.3 is 9.88 Å². The van der Waals surface area contributed by atoms with E-state index in [-0.39, 0.29) is 23.3 Å². The second kappa shape index (κ2) is 7.45. The maximum Gasteiger partial charge on any atom is 0.328 e. The number of carbonyl (C=O) groups is 1. The van der Waals surface area contributed by atoms with Crippen molar-refractivity contribution in [2.75, 3.05) is 5.32 Å². The lowest BCUT2D eigenvalue weighted by Gasteiger charge is -2.15. The largest absolute Gasteiger partial charge is 0.343 e. The monoisotopic (exact) mass is 454 g/mol. The molecule has 3 aromatic carbocycles. The van der Waals surface area contributed by atoms with E-state index >= 15 is 0 Å². The Labute approximate surface area is 194 Å². The van der Waals surface area contributed by atoms with Gasteiger partial charge in [-0.05, 0) is 53.1 Å². The minimum absolute atomic E-state index is 0.0487. The Morgan fingerprint density at radius 3 is 2.56 bits per heavy atom. The molecule has 3 heterocycles. The summed E-state index contributed by atoms with van der Waals surface area (Å²) in [5.41, 5.74) is 6.25. The molecule has 5 aromatic rings. The summed E-state index contributed by atoms with van der Waals surface area (Å²) in [6.07, 6.45) is 2.37. The summed E-state index contributed by atoms with van der Waals surface area (Å²) >= 11 is 0. The van der Waals surface area contributed by atoms with Crippen LogP contribution in [0.5, 0.6) is 0 Å². The zero-order valence-corrected chi connectivity index (χ0v) is 18.9. The van der Waals surface area contributed by atoms with Crippen molar-refractivity contribution >= 4 is 33.5 Å². The van der Waals surface area contributed by atoms with Gasteiger partial charge in [0.05, 0.1) is 22.2 Å². The van der Waals surface area contributed by atoms with Crippen molar-refractivity contribution in [1.29, 1.82) is 0 Å². The van der Waals surface area contributed by atoms with Crippen molar-refractivity contribution in [2.24, 2.45) is 14.1 Å². The second-order valence-electron chi connectivity index (χ2n) is 9.00. The van der Waals surface area contributed by atoms with E-state index in [0.29, 0.717) is 13.0 Å². The van der Waals surface area contributed by atoms with Gasteiger partial charge in [-0.2, -0.15) is 0 Å². The van der Waals surface area contributed by atoms with Gasteiger partial charge in [-0.1, -0.05) is 24.3 Å². The number of hydrogen-bond acceptors (Lipinski definition) is 2. The third-order valence-corrected chi connectivity index (χ3v) is 6.91. The summed E-state index contributed by atoms with van der Waals surface area (Å²) in [4.78, 5) is 25.3. The van der Waals surface area contributed by atoms with Crippen LogP contribution in [0.25, 0.3) is 21.9 Å². The van der Waals surface area contributed by atoms with Crippen LogP contribution < -0.4 is 11.0 Å². The number of fused-ring (bicyclic) bond motifs is 1. The molecule has 6 nitrogen and oxygen atoms in total. The first-order valence-electron chi connectivity index (χ1n) is 11.2. The highest BCUT2D eigenvalue weighted by Crippen LogP contribution is 2.41. The number of halogens is 1. The average molecular weight is 455 g/mol. The number of nitrogens with zero attached hydrogens (tertiary/aromatic N) is 3. The lowest BCUT2D eigenvalue weighted by atomic mass is 9.88. The van der Waals surface area contributed by atoms with E-state index in [1.165, 1.54) is 6.07 Å². The van der Waals surface area contributed by atoms with Crippen LogP contribution in [0, 0.1) is 5.82 Å². The third-order valence-electron chi connectivity index (χ3n) is 6.91. The van der Waals surface area contributed by atoms with E-state index in [9.17, 15) is 14.0 Å². The molecular formula is C27H23FN4O2. The van der Waals surface area contributed by atoms with Gasteiger partial charge >= 0.3 is 5.69 Å². The molecule has 0 aliphatic carbocycles.